The molecule has 6 nitrogen and oxygen atoms in total. The van der Waals surface area contributed by atoms with Crippen molar-refractivity contribution < 1.29 is 9.90 Å². The number of hydrogen-bond acceptors (Lipinski definition) is 4. The number of carbonyl (C=O) groups excluding carboxylic acids is 1. The number of nitrogens with two attached hydrogens (primary N) is 1. The Kier molecular flexibility index (Phi) is 3.06. The molecule has 0 atom stereocenters. The lowest BCUT2D eigenvalue weighted by atomic mass is 9.89. The van der Waals surface area contributed by atoms with E-state index in [9.17, 15) is 4.79 Å². The summed E-state index contributed by atoms with van der Waals surface area (Å²) in [6, 6.07) is 0.104. The Morgan fingerprint density at radius 3 is 2.71 bits per heavy atom. The minimum Gasteiger partial charge on any atom is -0.396 e. The number of hydrogen-bond donors (Lipinski definition) is 3. The molecule has 0 radical (unpaired) electrons. The quantitative estimate of drug-likeness (QED) is 0.675. The molecule has 1 saturated carbocycles. The molecule has 0 aromatic carbocycles. The molecule has 1 aliphatic rings. The van der Waals surface area contributed by atoms with E-state index in [4.69, 9.17) is 10.8 Å². The van der Waals surface area contributed by atoms with Crippen LogP contribution < -0.4 is 11.1 Å². The first-order valence-corrected chi connectivity index (χ1v) is 5.74. The summed E-state index contributed by atoms with van der Waals surface area (Å²) >= 11 is 0. The van der Waals surface area contributed by atoms with Gasteiger partial charge < -0.3 is 16.2 Å². The van der Waals surface area contributed by atoms with E-state index in [1.807, 2.05) is 13.8 Å². The van der Waals surface area contributed by atoms with E-state index in [1.165, 1.54) is 0 Å². The lowest BCUT2D eigenvalue weighted by molar-refractivity contribution is -0.123. The van der Waals surface area contributed by atoms with Gasteiger partial charge in [0.1, 0.15) is 6.54 Å². The smallest absolute Gasteiger partial charge is 0.241 e. The van der Waals surface area contributed by atoms with E-state index in [-0.39, 0.29) is 24.6 Å². The van der Waals surface area contributed by atoms with E-state index in [0.717, 1.165) is 11.4 Å². The zero-order chi connectivity index (χ0) is 12.6. The standard InChI is InChI=1S/C11H18N4O2/c1-6-11(12)7(2)15(14-6)5-10(17)13-8-3-9(16)4-8/h8-9,16H,3-5,12H2,1-2H3,(H,13,17). The van der Waals surface area contributed by atoms with Gasteiger partial charge in [0.15, 0.2) is 0 Å². The molecule has 6 heteroatoms. The number of amides is 1. The van der Waals surface area contributed by atoms with Crippen LogP contribution in [-0.4, -0.2) is 32.9 Å². The molecule has 1 fully saturated rings. The molecule has 0 spiro atoms. The monoisotopic (exact) mass is 238 g/mol. The van der Waals surface area contributed by atoms with E-state index >= 15 is 0 Å². The van der Waals surface area contributed by atoms with Gasteiger partial charge in [-0.2, -0.15) is 5.10 Å². The van der Waals surface area contributed by atoms with Crippen molar-refractivity contribution in [2.24, 2.45) is 0 Å². The Hall–Kier alpha value is -1.56. The molecule has 1 aromatic rings. The summed E-state index contributed by atoms with van der Waals surface area (Å²) in [7, 11) is 0. The zero-order valence-corrected chi connectivity index (χ0v) is 10.1. The van der Waals surface area contributed by atoms with Crippen LogP contribution in [0.5, 0.6) is 0 Å². The van der Waals surface area contributed by atoms with Crippen LogP contribution in [-0.2, 0) is 11.3 Å². The van der Waals surface area contributed by atoms with Crippen molar-refractivity contribution in [3.05, 3.63) is 11.4 Å². The molecule has 94 valence electrons. The fourth-order valence-electron chi connectivity index (χ4n) is 1.98. The Morgan fingerprint density at radius 2 is 2.24 bits per heavy atom. The highest BCUT2D eigenvalue weighted by molar-refractivity contribution is 5.76. The van der Waals surface area contributed by atoms with Gasteiger partial charge in [-0.05, 0) is 26.7 Å². The summed E-state index contributed by atoms with van der Waals surface area (Å²) in [5, 5.41) is 16.2. The van der Waals surface area contributed by atoms with Crippen LogP contribution in [0.1, 0.15) is 24.2 Å². The molecular weight excluding hydrogens is 220 g/mol. The summed E-state index contributed by atoms with van der Waals surface area (Å²) in [6.07, 6.45) is 1.03. The maximum Gasteiger partial charge on any atom is 0.241 e. The number of nitrogen functional groups attached to an aromatic ring is 1. The molecule has 1 amide bonds. The molecule has 0 aliphatic heterocycles. The first-order chi connectivity index (χ1) is 7.97. The largest absolute Gasteiger partial charge is 0.396 e. The second kappa shape index (κ2) is 4.37. The number of aryl methyl sites for hydroxylation is 1. The van der Waals surface area contributed by atoms with Gasteiger partial charge in [-0.25, -0.2) is 0 Å². The molecule has 4 N–H and O–H groups in total. The highest BCUT2D eigenvalue weighted by Crippen LogP contribution is 2.19. The second-order valence-electron chi connectivity index (χ2n) is 4.63. The summed E-state index contributed by atoms with van der Waals surface area (Å²) in [5.41, 5.74) is 7.98. The fraction of sp³-hybridized carbons (Fsp3) is 0.636. The highest BCUT2D eigenvalue weighted by atomic mass is 16.3. The van der Waals surface area contributed by atoms with Crippen LogP contribution in [0.15, 0.2) is 0 Å². The molecule has 0 saturated heterocycles. The Labute approximate surface area is 99.8 Å². The van der Waals surface area contributed by atoms with Crippen LogP contribution in [0, 0.1) is 13.8 Å². The number of aliphatic hydroxyl groups is 1. The van der Waals surface area contributed by atoms with Crippen LogP contribution in [0.25, 0.3) is 0 Å². The summed E-state index contributed by atoms with van der Waals surface area (Å²) in [5.74, 6) is -0.0903. The highest BCUT2D eigenvalue weighted by Gasteiger charge is 2.28. The van der Waals surface area contributed by atoms with E-state index in [0.29, 0.717) is 18.5 Å². The van der Waals surface area contributed by atoms with E-state index in [1.54, 1.807) is 4.68 Å². The van der Waals surface area contributed by atoms with Gasteiger partial charge in [-0.1, -0.05) is 0 Å². The maximum absolute atomic E-state index is 11.7. The number of nitrogens with one attached hydrogen (secondary N) is 1. The normalized spacial score (nSPS) is 23.2. The number of rotatable bonds is 3. The van der Waals surface area contributed by atoms with Crippen LogP contribution in [0.2, 0.25) is 0 Å². The van der Waals surface area contributed by atoms with Gasteiger partial charge in [0.25, 0.3) is 0 Å². The predicted octanol–water partition coefficient (Wildman–Crippen LogP) is -0.278. The Morgan fingerprint density at radius 1 is 1.59 bits per heavy atom. The summed E-state index contributed by atoms with van der Waals surface area (Å²) in [6.45, 7) is 3.84. The molecule has 17 heavy (non-hydrogen) atoms. The first-order valence-electron chi connectivity index (χ1n) is 5.74. The number of aliphatic hydroxyl groups excluding tert-OH is 1. The second-order valence-corrected chi connectivity index (χ2v) is 4.63. The maximum atomic E-state index is 11.7. The van der Waals surface area contributed by atoms with E-state index < -0.39 is 0 Å². The number of carbonyl (C=O) groups is 1. The van der Waals surface area contributed by atoms with Gasteiger partial charge in [0.05, 0.1) is 23.2 Å². The average Bonchev–Trinajstić information content (AvgIpc) is 2.44. The topological polar surface area (TPSA) is 93.2 Å². The van der Waals surface area contributed by atoms with Crippen molar-refractivity contribution in [3.63, 3.8) is 0 Å². The third-order valence-electron chi connectivity index (χ3n) is 3.21. The van der Waals surface area contributed by atoms with Crippen molar-refractivity contribution in [1.29, 1.82) is 0 Å². The van der Waals surface area contributed by atoms with Gasteiger partial charge in [-0.15, -0.1) is 0 Å². The van der Waals surface area contributed by atoms with Gasteiger partial charge in [-0.3, -0.25) is 9.48 Å². The molecular formula is C11H18N4O2. The minimum absolute atomic E-state index is 0.0903. The van der Waals surface area contributed by atoms with Gasteiger partial charge in [0.2, 0.25) is 5.91 Å². The Bertz CT molecular complexity index is 435. The number of nitrogens with zero attached hydrogens (tertiary/aromatic N) is 2. The zero-order valence-electron chi connectivity index (χ0n) is 10.1. The molecule has 0 unspecified atom stereocenters. The predicted molar refractivity (Wildman–Crippen MR) is 63.3 cm³/mol. The summed E-state index contributed by atoms with van der Waals surface area (Å²) in [4.78, 5) is 11.7. The summed E-state index contributed by atoms with van der Waals surface area (Å²) < 4.78 is 1.61. The number of anilines is 1. The lowest BCUT2D eigenvalue weighted by Gasteiger charge is -2.31. The van der Waals surface area contributed by atoms with Crippen molar-refractivity contribution in [1.82, 2.24) is 15.1 Å². The number of aromatic nitrogens is 2. The first kappa shape index (κ1) is 11.9. The van der Waals surface area contributed by atoms with Crippen molar-refractivity contribution in [3.8, 4) is 0 Å². The third-order valence-corrected chi connectivity index (χ3v) is 3.21. The molecule has 2 rings (SSSR count). The van der Waals surface area contributed by atoms with Crippen LogP contribution in [0.3, 0.4) is 0 Å². The van der Waals surface area contributed by atoms with Crippen molar-refractivity contribution in [2.45, 2.75) is 45.4 Å². The third kappa shape index (κ3) is 2.41. The fourth-order valence-corrected chi connectivity index (χ4v) is 1.98. The van der Waals surface area contributed by atoms with Crippen LogP contribution >= 0.6 is 0 Å². The van der Waals surface area contributed by atoms with Gasteiger partial charge in [0, 0.05) is 6.04 Å². The SMILES string of the molecule is Cc1nn(CC(=O)NC2CC(O)C2)c(C)c1N. The Balaban J connectivity index is 1.91. The van der Waals surface area contributed by atoms with E-state index in [2.05, 4.69) is 10.4 Å². The van der Waals surface area contributed by atoms with Crippen molar-refractivity contribution in [2.75, 3.05) is 5.73 Å². The molecule has 1 aliphatic carbocycles. The van der Waals surface area contributed by atoms with Crippen LogP contribution in [0.4, 0.5) is 5.69 Å². The van der Waals surface area contributed by atoms with Crippen molar-refractivity contribution >= 4 is 11.6 Å². The molecule has 1 aromatic heterocycles. The molecule has 1 heterocycles. The molecule has 0 bridgehead atoms. The minimum atomic E-state index is -0.260. The average molecular weight is 238 g/mol. The lowest BCUT2D eigenvalue weighted by Crippen LogP contribution is -2.47. The van der Waals surface area contributed by atoms with Gasteiger partial charge >= 0.3 is 0 Å².